The fraction of sp³-hybridized carbons (Fsp3) is 0.526. The predicted molar refractivity (Wildman–Crippen MR) is 95.1 cm³/mol. The molecule has 2 N–H and O–H groups in total. The molecule has 1 aromatic rings. The fourth-order valence-electron chi connectivity index (χ4n) is 3.53. The zero-order chi connectivity index (χ0) is 18.7. The molecule has 3 atom stereocenters. The van der Waals surface area contributed by atoms with Crippen molar-refractivity contribution in [3.63, 3.8) is 0 Å². The van der Waals surface area contributed by atoms with Gasteiger partial charge in [0, 0.05) is 6.54 Å². The van der Waals surface area contributed by atoms with E-state index in [-0.39, 0.29) is 24.5 Å². The summed E-state index contributed by atoms with van der Waals surface area (Å²) in [4.78, 5) is 38.5. The Hall–Kier alpha value is -2.57. The van der Waals surface area contributed by atoms with Crippen LogP contribution in [0.25, 0.3) is 0 Å². The molecule has 0 aliphatic carbocycles. The van der Waals surface area contributed by atoms with Gasteiger partial charge in [0.15, 0.2) is 0 Å². The van der Waals surface area contributed by atoms with Crippen LogP contribution >= 0.6 is 0 Å². The van der Waals surface area contributed by atoms with Gasteiger partial charge in [-0.05, 0) is 24.3 Å². The monoisotopic (exact) mass is 359 g/mol. The topological polar surface area (TPSA) is 87.7 Å². The average Bonchev–Trinajstić information content (AvgIpc) is 3.03. The largest absolute Gasteiger partial charge is 0.445 e. The zero-order valence-corrected chi connectivity index (χ0v) is 15.1. The Balaban J connectivity index is 1.53. The number of amides is 3. The summed E-state index contributed by atoms with van der Waals surface area (Å²) in [5.74, 6) is 0.104. The van der Waals surface area contributed by atoms with Gasteiger partial charge in [-0.3, -0.25) is 9.59 Å². The second-order valence-corrected chi connectivity index (χ2v) is 7.34. The van der Waals surface area contributed by atoms with Gasteiger partial charge in [0.05, 0.1) is 6.04 Å². The third-order valence-corrected chi connectivity index (χ3v) is 4.74. The van der Waals surface area contributed by atoms with E-state index in [0.29, 0.717) is 25.3 Å². The molecule has 0 unspecified atom stereocenters. The Morgan fingerprint density at radius 2 is 2.04 bits per heavy atom. The van der Waals surface area contributed by atoms with Gasteiger partial charge >= 0.3 is 6.09 Å². The van der Waals surface area contributed by atoms with Gasteiger partial charge in [0.1, 0.15) is 18.7 Å². The summed E-state index contributed by atoms with van der Waals surface area (Å²) in [5.41, 5.74) is 0.901. The molecule has 2 saturated heterocycles. The molecule has 2 fully saturated rings. The van der Waals surface area contributed by atoms with Gasteiger partial charge < -0.3 is 20.3 Å². The van der Waals surface area contributed by atoms with Crippen molar-refractivity contribution in [1.29, 1.82) is 0 Å². The van der Waals surface area contributed by atoms with Crippen LogP contribution in [0.1, 0.15) is 32.3 Å². The smallest absolute Gasteiger partial charge is 0.407 e. The van der Waals surface area contributed by atoms with Gasteiger partial charge in [-0.25, -0.2) is 4.79 Å². The molecule has 140 valence electrons. The van der Waals surface area contributed by atoms with Crippen molar-refractivity contribution >= 4 is 17.9 Å². The number of fused-ring (bicyclic) bond motifs is 1. The van der Waals surface area contributed by atoms with Crippen molar-refractivity contribution in [1.82, 2.24) is 15.5 Å². The second kappa shape index (κ2) is 7.76. The first-order valence-electron chi connectivity index (χ1n) is 9.02. The molecular weight excluding hydrogens is 334 g/mol. The predicted octanol–water partition coefficient (Wildman–Crippen LogP) is 1.43. The van der Waals surface area contributed by atoms with E-state index < -0.39 is 18.2 Å². The van der Waals surface area contributed by atoms with E-state index in [0.717, 1.165) is 5.56 Å². The molecule has 2 heterocycles. The van der Waals surface area contributed by atoms with Crippen molar-refractivity contribution in [2.75, 3.05) is 6.54 Å². The number of nitrogens with one attached hydrogen (secondary N) is 2. The maximum atomic E-state index is 12.6. The number of piperazine rings is 1. The van der Waals surface area contributed by atoms with E-state index in [9.17, 15) is 14.4 Å². The number of ether oxygens (including phenoxy) is 1. The van der Waals surface area contributed by atoms with E-state index in [1.165, 1.54) is 0 Å². The highest BCUT2D eigenvalue weighted by atomic mass is 16.5. The first-order valence-corrected chi connectivity index (χ1v) is 9.02. The zero-order valence-electron chi connectivity index (χ0n) is 15.1. The number of nitrogens with zero attached hydrogens (tertiary/aromatic N) is 1. The third-order valence-electron chi connectivity index (χ3n) is 4.74. The van der Waals surface area contributed by atoms with Crippen molar-refractivity contribution in [3.8, 4) is 0 Å². The van der Waals surface area contributed by atoms with Crippen LogP contribution in [-0.4, -0.2) is 47.5 Å². The van der Waals surface area contributed by atoms with Crippen LogP contribution < -0.4 is 10.6 Å². The number of benzene rings is 1. The lowest BCUT2D eigenvalue weighted by molar-refractivity contribution is -0.147. The van der Waals surface area contributed by atoms with Crippen molar-refractivity contribution < 1.29 is 19.1 Å². The van der Waals surface area contributed by atoms with Crippen LogP contribution in [0.3, 0.4) is 0 Å². The molecule has 2 aliphatic rings. The molecule has 3 amide bonds. The first-order chi connectivity index (χ1) is 12.4. The summed E-state index contributed by atoms with van der Waals surface area (Å²) < 4.78 is 5.22. The quantitative estimate of drug-likeness (QED) is 0.832. The highest BCUT2D eigenvalue weighted by Gasteiger charge is 2.46. The number of rotatable bonds is 5. The van der Waals surface area contributed by atoms with Crippen LogP contribution in [0.2, 0.25) is 0 Å². The fourth-order valence-corrected chi connectivity index (χ4v) is 3.53. The van der Waals surface area contributed by atoms with E-state index >= 15 is 0 Å². The molecule has 0 bridgehead atoms. The van der Waals surface area contributed by atoms with Crippen molar-refractivity contribution in [3.05, 3.63) is 35.9 Å². The van der Waals surface area contributed by atoms with Crippen LogP contribution in [0, 0.1) is 5.92 Å². The molecule has 1 aromatic carbocycles. The van der Waals surface area contributed by atoms with Gasteiger partial charge in [0.25, 0.3) is 0 Å². The highest BCUT2D eigenvalue weighted by Crippen LogP contribution is 2.24. The Kier molecular flexibility index (Phi) is 5.44. The van der Waals surface area contributed by atoms with E-state index in [1.807, 2.05) is 44.2 Å². The van der Waals surface area contributed by atoms with Gasteiger partial charge in [-0.1, -0.05) is 44.2 Å². The Labute approximate surface area is 153 Å². The minimum absolute atomic E-state index is 0.0646. The lowest BCUT2D eigenvalue weighted by Crippen LogP contribution is -2.61. The molecule has 7 heteroatoms. The summed E-state index contributed by atoms with van der Waals surface area (Å²) in [6.45, 7) is 4.56. The molecule has 0 radical (unpaired) electrons. The van der Waals surface area contributed by atoms with E-state index in [2.05, 4.69) is 10.6 Å². The summed E-state index contributed by atoms with van der Waals surface area (Å²) >= 11 is 0. The number of carbonyl (C=O) groups is 3. The van der Waals surface area contributed by atoms with Crippen LogP contribution in [0.5, 0.6) is 0 Å². The van der Waals surface area contributed by atoms with Gasteiger partial charge in [-0.2, -0.15) is 0 Å². The Morgan fingerprint density at radius 1 is 1.31 bits per heavy atom. The summed E-state index contributed by atoms with van der Waals surface area (Å²) in [7, 11) is 0. The Morgan fingerprint density at radius 3 is 2.73 bits per heavy atom. The minimum atomic E-state index is -0.537. The molecule has 0 aromatic heterocycles. The lowest BCUT2D eigenvalue weighted by Gasteiger charge is -2.35. The summed E-state index contributed by atoms with van der Waals surface area (Å²) in [6, 6.07) is 8.14. The van der Waals surface area contributed by atoms with Gasteiger partial charge in [0.2, 0.25) is 11.8 Å². The maximum Gasteiger partial charge on any atom is 0.407 e. The minimum Gasteiger partial charge on any atom is -0.445 e. The highest BCUT2D eigenvalue weighted by molar-refractivity contribution is 5.97. The van der Waals surface area contributed by atoms with Crippen molar-refractivity contribution in [2.24, 2.45) is 5.92 Å². The summed E-state index contributed by atoms with van der Waals surface area (Å²) in [5, 5.41) is 5.58. The normalized spacial score (nSPS) is 25.0. The second-order valence-electron chi connectivity index (χ2n) is 7.34. The van der Waals surface area contributed by atoms with E-state index in [4.69, 9.17) is 4.74 Å². The number of carbonyl (C=O) groups excluding carboxylic acids is 3. The van der Waals surface area contributed by atoms with Crippen LogP contribution in [-0.2, 0) is 20.9 Å². The average molecular weight is 359 g/mol. The molecule has 3 rings (SSSR count). The lowest BCUT2D eigenvalue weighted by atomic mass is 9.99. The molecule has 7 nitrogen and oxygen atoms in total. The molecule has 0 saturated carbocycles. The number of hydrogen-bond donors (Lipinski definition) is 2. The SMILES string of the molecule is CC(C)C[C@H]1NC(=O)[C@@H]2C[C@H](NC(=O)OCc3ccccc3)CN2C1=O. The van der Waals surface area contributed by atoms with Crippen LogP contribution in [0.15, 0.2) is 30.3 Å². The standard InChI is InChI=1S/C19H25N3O4/c1-12(2)8-15-18(24)22-10-14(9-16(22)17(23)21-15)20-19(25)26-11-13-6-4-3-5-7-13/h3-7,12,14-16H,8-11H2,1-2H3,(H,20,25)(H,21,23)/t14-,15+,16-/m0/s1. The molecule has 26 heavy (non-hydrogen) atoms. The molecule has 0 spiro atoms. The summed E-state index contributed by atoms with van der Waals surface area (Å²) in [6.07, 6.45) is 0.488. The number of alkyl carbamates (subject to hydrolysis) is 1. The maximum absolute atomic E-state index is 12.6. The first kappa shape index (κ1) is 18.2. The molecular formula is C19H25N3O4. The molecule has 2 aliphatic heterocycles. The van der Waals surface area contributed by atoms with Gasteiger partial charge in [-0.15, -0.1) is 0 Å². The van der Waals surface area contributed by atoms with Crippen molar-refractivity contribution in [2.45, 2.75) is 51.4 Å². The third kappa shape index (κ3) is 4.15. The number of hydrogen-bond acceptors (Lipinski definition) is 4. The van der Waals surface area contributed by atoms with Crippen LogP contribution in [0.4, 0.5) is 4.79 Å². The van der Waals surface area contributed by atoms with E-state index in [1.54, 1.807) is 4.90 Å². The Bertz CT molecular complexity index is 677.